The van der Waals surface area contributed by atoms with Crippen molar-refractivity contribution in [3.63, 3.8) is 0 Å². The van der Waals surface area contributed by atoms with Gasteiger partial charge in [-0.05, 0) is 65.9 Å². The first-order valence-corrected chi connectivity index (χ1v) is 16.3. The quantitative estimate of drug-likeness (QED) is 0.0771. The van der Waals surface area contributed by atoms with Crippen LogP contribution in [-0.4, -0.2) is 25.2 Å². The lowest BCUT2D eigenvalue weighted by molar-refractivity contribution is 0.0447. The molecule has 1 atom stereocenters. The monoisotopic (exact) mass is 606 g/mol. The van der Waals surface area contributed by atoms with Crippen molar-refractivity contribution in [1.29, 1.82) is 0 Å². The Hall–Kier alpha value is -3.31. The Balaban J connectivity index is 1.41. The van der Waals surface area contributed by atoms with Crippen molar-refractivity contribution in [2.75, 3.05) is 13.2 Å². The first-order valence-electron chi connectivity index (χ1n) is 15.9. The molecule has 0 aromatic heterocycles. The summed E-state index contributed by atoms with van der Waals surface area (Å²) >= 11 is 6.41. The summed E-state index contributed by atoms with van der Waals surface area (Å²) in [7, 11) is 0. The van der Waals surface area contributed by atoms with Gasteiger partial charge < -0.3 is 14.2 Å². The molecule has 232 valence electrons. The normalized spacial score (nSPS) is 11.6. The smallest absolute Gasteiger partial charge is 0.343 e. The molecule has 0 saturated heterocycles. The zero-order valence-electron chi connectivity index (χ0n) is 26.0. The number of halogens is 1. The van der Waals surface area contributed by atoms with Gasteiger partial charge in [-0.2, -0.15) is 0 Å². The second-order valence-corrected chi connectivity index (χ2v) is 11.7. The number of benzene rings is 3. The average Bonchev–Trinajstić information content (AvgIpc) is 3.03. The van der Waals surface area contributed by atoms with Crippen molar-refractivity contribution in [1.82, 2.24) is 0 Å². The van der Waals surface area contributed by atoms with Gasteiger partial charge in [0.15, 0.2) is 0 Å². The van der Waals surface area contributed by atoms with Gasteiger partial charge in [0.25, 0.3) is 0 Å². The molecule has 0 aliphatic carbocycles. The number of carbonyl (C=O) groups is 2. The summed E-state index contributed by atoms with van der Waals surface area (Å²) in [6.45, 7) is 7.40. The van der Waals surface area contributed by atoms with E-state index in [1.807, 2.05) is 24.3 Å². The first-order chi connectivity index (χ1) is 20.9. The van der Waals surface area contributed by atoms with Crippen molar-refractivity contribution in [3.8, 4) is 22.6 Å². The van der Waals surface area contributed by atoms with E-state index in [4.69, 9.17) is 25.8 Å². The molecule has 0 amide bonds. The maximum Gasteiger partial charge on any atom is 0.343 e. The molecule has 0 radical (unpaired) electrons. The molecule has 0 heterocycles. The van der Waals surface area contributed by atoms with E-state index in [0.29, 0.717) is 46.8 Å². The minimum Gasteiger partial charge on any atom is -0.492 e. The van der Waals surface area contributed by atoms with E-state index in [9.17, 15) is 9.59 Å². The molecule has 0 aliphatic heterocycles. The molecule has 6 heteroatoms. The lowest BCUT2D eigenvalue weighted by Gasteiger charge is -2.11. The van der Waals surface area contributed by atoms with Crippen LogP contribution in [0.3, 0.4) is 0 Å². The Labute approximate surface area is 262 Å². The van der Waals surface area contributed by atoms with Crippen LogP contribution in [0.2, 0.25) is 5.02 Å². The fourth-order valence-electron chi connectivity index (χ4n) is 4.62. The maximum atomic E-state index is 12.7. The van der Waals surface area contributed by atoms with Crippen molar-refractivity contribution in [2.45, 2.75) is 91.4 Å². The third-order valence-corrected chi connectivity index (χ3v) is 7.93. The number of hydrogen-bond donors (Lipinski definition) is 0. The Morgan fingerprint density at radius 3 is 1.84 bits per heavy atom. The Kier molecular flexibility index (Phi) is 15.2. The standard InChI is InChI=1S/C37H47ClO5/c1-4-6-7-8-9-10-11-12-13-14-25-41-35-24-21-32(26-34(35)38)37(40)43-33-22-19-30(20-23-33)29-15-17-31(18-16-29)36(39)42-27-28(3)5-2/h15-24,26,28H,4-14,25,27H2,1-3H3. The van der Waals surface area contributed by atoms with Crippen LogP contribution in [0.1, 0.15) is 112 Å². The molecular formula is C37H47ClO5. The van der Waals surface area contributed by atoms with Gasteiger partial charge in [-0.1, -0.05) is 121 Å². The summed E-state index contributed by atoms with van der Waals surface area (Å²) < 4.78 is 16.8. The summed E-state index contributed by atoms with van der Waals surface area (Å²) in [6, 6.07) is 19.5. The van der Waals surface area contributed by atoms with Gasteiger partial charge >= 0.3 is 11.9 Å². The molecule has 0 aliphatic rings. The molecule has 5 nitrogen and oxygen atoms in total. The second-order valence-electron chi connectivity index (χ2n) is 11.3. The Morgan fingerprint density at radius 1 is 0.698 bits per heavy atom. The summed E-state index contributed by atoms with van der Waals surface area (Å²) in [5.41, 5.74) is 2.76. The molecule has 0 fully saturated rings. The number of unbranched alkanes of at least 4 members (excludes halogenated alkanes) is 9. The lowest BCUT2D eigenvalue weighted by Crippen LogP contribution is -2.11. The SMILES string of the molecule is CCCCCCCCCCCCOc1ccc(C(=O)Oc2ccc(-c3ccc(C(=O)OCC(C)CC)cc3)cc2)cc1Cl. The summed E-state index contributed by atoms with van der Waals surface area (Å²) in [6.07, 6.45) is 13.7. The van der Waals surface area contributed by atoms with Crippen LogP contribution >= 0.6 is 11.6 Å². The van der Waals surface area contributed by atoms with Gasteiger partial charge in [0, 0.05) is 0 Å². The van der Waals surface area contributed by atoms with Crippen molar-refractivity contribution >= 4 is 23.5 Å². The highest BCUT2D eigenvalue weighted by Gasteiger charge is 2.13. The zero-order valence-corrected chi connectivity index (χ0v) is 26.8. The molecule has 0 bridgehead atoms. The minimum atomic E-state index is -0.490. The molecule has 3 aromatic carbocycles. The Morgan fingerprint density at radius 2 is 1.26 bits per heavy atom. The predicted molar refractivity (Wildman–Crippen MR) is 175 cm³/mol. The minimum absolute atomic E-state index is 0.317. The molecule has 3 rings (SSSR count). The average molecular weight is 607 g/mol. The largest absolute Gasteiger partial charge is 0.492 e. The summed E-state index contributed by atoms with van der Waals surface area (Å²) in [4.78, 5) is 25.0. The predicted octanol–water partition coefficient (Wildman–Crippen LogP) is 10.7. The van der Waals surface area contributed by atoms with Gasteiger partial charge in [-0.15, -0.1) is 0 Å². The van der Waals surface area contributed by atoms with Crippen LogP contribution in [0.5, 0.6) is 11.5 Å². The van der Waals surface area contributed by atoms with E-state index < -0.39 is 5.97 Å². The molecule has 1 unspecified atom stereocenters. The third-order valence-electron chi connectivity index (χ3n) is 7.64. The molecule has 0 saturated carbocycles. The van der Waals surface area contributed by atoms with E-state index in [1.54, 1.807) is 42.5 Å². The van der Waals surface area contributed by atoms with E-state index in [2.05, 4.69) is 20.8 Å². The van der Waals surface area contributed by atoms with Crippen LogP contribution in [0.15, 0.2) is 66.7 Å². The van der Waals surface area contributed by atoms with E-state index in [0.717, 1.165) is 30.4 Å². The molecule has 3 aromatic rings. The number of hydrogen-bond acceptors (Lipinski definition) is 5. The van der Waals surface area contributed by atoms with Gasteiger partial charge in [-0.3, -0.25) is 0 Å². The molecule has 0 N–H and O–H groups in total. The van der Waals surface area contributed by atoms with Gasteiger partial charge in [0.1, 0.15) is 11.5 Å². The van der Waals surface area contributed by atoms with Crippen LogP contribution in [-0.2, 0) is 4.74 Å². The van der Waals surface area contributed by atoms with E-state index in [1.165, 1.54) is 51.4 Å². The van der Waals surface area contributed by atoms with Gasteiger partial charge in [0.05, 0.1) is 29.4 Å². The van der Waals surface area contributed by atoms with Gasteiger partial charge in [-0.25, -0.2) is 9.59 Å². The first kappa shape index (κ1) is 34.2. The maximum absolute atomic E-state index is 12.7. The van der Waals surface area contributed by atoms with E-state index in [-0.39, 0.29) is 5.97 Å². The zero-order chi connectivity index (χ0) is 30.9. The number of carbonyl (C=O) groups excluding carboxylic acids is 2. The van der Waals surface area contributed by atoms with Crippen LogP contribution < -0.4 is 9.47 Å². The highest BCUT2D eigenvalue weighted by Crippen LogP contribution is 2.28. The highest BCUT2D eigenvalue weighted by molar-refractivity contribution is 6.32. The topological polar surface area (TPSA) is 61.8 Å². The fraction of sp³-hybridized carbons (Fsp3) is 0.459. The third kappa shape index (κ3) is 12.1. The van der Waals surface area contributed by atoms with Crippen LogP contribution in [0.4, 0.5) is 0 Å². The number of rotatable bonds is 19. The van der Waals surface area contributed by atoms with Gasteiger partial charge in [0.2, 0.25) is 0 Å². The summed E-state index contributed by atoms with van der Waals surface area (Å²) in [5.74, 6) is 0.536. The van der Waals surface area contributed by atoms with Crippen molar-refractivity contribution in [2.24, 2.45) is 5.92 Å². The second kappa shape index (κ2) is 19.1. The van der Waals surface area contributed by atoms with Crippen molar-refractivity contribution in [3.05, 3.63) is 82.9 Å². The lowest BCUT2D eigenvalue weighted by atomic mass is 10.0. The van der Waals surface area contributed by atoms with Crippen molar-refractivity contribution < 1.29 is 23.8 Å². The highest BCUT2D eigenvalue weighted by atomic mass is 35.5. The molecular weight excluding hydrogens is 560 g/mol. The number of ether oxygens (including phenoxy) is 3. The Bertz CT molecular complexity index is 1250. The van der Waals surface area contributed by atoms with Crippen LogP contribution in [0, 0.1) is 5.92 Å². The fourth-order valence-corrected chi connectivity index (χ4v) is 4.85. The molecule has 0 spiro atoms. The van der Waals surface area contributed by atoms with Crippen LogP contribution in [0.25, 0.3) is 11.1 Å². The van der Waals surface area contributed by atoms with E-state index >= 15 is 0 Å². The molecule has 43 heavy (non-hydrogen) atoms. The number of esters is 2. The summed E-state index contributed by atoms with van der Waals surface area (Å²) in [5, 5.41) is 0.393.